The summed E-state index contributed by atoms with van der Waals surface area (Å²) in [4.78, 5) is 11.0. The third-order valence-corrected chi connectivity index (χ3v) is 7.86. The molecule has 0 aromatic heterocycles. The van der Waals surface area contributed by atoms with Gasteiger partial charge in [0.15, 0.2) is 0 Å². The Morgan fingerprint density at radius 1 is 0.829 bits per heavy atom. The Hall–Kier alpha value is -3.39. The van der Waals surface area contributed by atoms with Crippen LogP contribution in [0, 0.1) is 0 Å². The average molecular weight is 463 g/mol. The highest BCUT2D eigenvalue weighted by Gasteiger charge is 2.33. The van der Waals surface area contributed by atoms with Gasteiger partial charge in [0.05, 0.1) is 5.56 Å². The molecule has 0 unspecified atom stereocenters. The van der Waals surface area contributed by atoms with Gasteiger partial charge in [0.25, 0.3) is 0 Å². The van der Waals surface area contributed by atoms with Crippen LogP contribution in [0.3, 0.4) is 0 Å². The lowest BCUT2D eigenvalue weighted by atomic mass is 9.68. The van der Waals surface area contributed by atoms with Crippen molar-refractivity contribution in [2.24, 2.45) is 0 Å². The maximum Gasteiger partial charge on any atom is 0.335 e. The first-order valence-corrected chi connectivity index (χ1v) is 12.7. The zero-order valence-electron chi connectivity index (χ0n) is 21.2. The van der Waals surface area contributed by atoms with Crippen LogP contribution < -0.4 is 0 Å². The molecule has 0 fully saturated rings. The van der Waals surface area contributed by atoms with E-state index in [2.05, 4.69) is 88.4 Å². The molecule has 0 saturated carbocycles. The molecule has 0 atom stereocenters. The van der Waals surface area contributed by atoms with Crippen molar-refractivity contribution in [3.05, 3.63) is 112 Å². The highest BCUT2D eigenvalue weighted by Crippen LogP contribution is 2.41. The fourth-order valence-electron chi connectivity index (χ4n) is 5.75. The lowest BCUT2D eigenvalue weighted by molar-refractivity contribution is 0.0696. The van der Waals surface area contributed by atoms with Crippen molar-refractivity contribution in [2.45, 2.75) is 64.2 Å². The molecule has 0 radical (unpaired) electrons. The van der Waals surface area contributed by atoms with Crippen molar-refractivity contribution in [3.8, 4) is 0 Å². The molecule has 178 valence electrons. The summed E-state index contributed by atoms with van der Waals surface area (Å²) in [6.07, 6.45) is 14.0. The first kappa shape index (κ1) is 23.4. The van der Waals surface area contributed by atoms with Gasteiger partial charge in [-0.1, -0.05) is 100 Å². The Morgan fingerprint density at radius 3 is 2.34 bits per heavy atom. The third-order valence-electron chi connectivity index (χ3n) is 7.86. The largest absolute Gasteiger partial charge is 0.478 e. The van der Waals surface area contributed by atoms with Crippen LogP contribution in [0.15, 0.2) is 84.5 Å². The van der Waals surface area contributed by atoms with Gasteiger partial charge < -0.3 is 5.11 Å². The fourth-order valence-corrected chi connectivity index (χ4v) is 5.75. The molecule has 0 amide bonds. The van der Waals surface area contributed by atoms with E-state index in [0.717, 1.165) is 5.56 Å². The molecule has 3 aliphatic carbocycles. The first-order valence-electron chi connectivity index (χ1n) is 12.7. The van der Waals surface area contributed by atoms with Crippen molar-refractivity contribution in [1.29, 1.82) is 0 Å². The molecule has 1 N–H and O–H groups in total. The molecule has 3 aromatic carbocycles. The van der Waals surface area contributed by atoms with Crippen molar-refractivity contribution in [3.63, 3.8) is 0 Å². The third kappa shape index (κ3) is 4.27. The number of carboxylic acid groups (broad SMARTS) is 1. The van der Waals surface area contributed by atoms with Gasteiger partial charge in [0, 0.05) is 10.8 Å². The Morgan fingerprint density at radius 2 is 1.57 bits per heavy atom. The van der Waals surface area contributed by atoms with Crippen molar-refractivity contribution >= 4 is 22.3 Å². The summed E-state index contributed by atoms with van der Waals surface area (Å²) in [7, 11) is 0. The summed E-state index contributed by atoms with van der Waals surface area (Å²) in [5, 5.41) is 11.9. The number of hydrogen-bond acceptors (Lipinski definition) is 1. The van der Waals surface area contributed by atoms with Crippen molar-refractivity contribution in [1.82, 2.24) is 0 Å². The molecular formula is C33H34O2. The minimum Gasteiger partial charge on any atom is -0.478 e. The number of carbonyl (C=O) groups is 1. The molecule has 0 spiro atoms. The van der Waals surface area contributed by atoms with Crippen LogP contribution >= 0.6 is 0 Å². The van der Waals surface area contributed by atoms with Crippen LogP contribution in [-0.2, 0) is 17.3 Å². The number of aryl methyl sites for hydroxylation is 1. The molecular weight excluding hydrogens is 428 g/mol. The van der Waals surface area contributed by atoms with Crippen LogP contribution in [0.5, 0.6) is 0 Å². The fraction of sp³-hybridized carbons (Fsp3) is 0.303. The number of allylic oxidation sites excluding steroid dienone is 6. The molecule has 3 aromatic rings. The van der Waals surface area contributed by atoms with E-state index in [4.69, 9.17) is 5.11 Å². The van der Waals surface area contributed by atoms with Crippen LogP contribution in [0.4, 0.5) is 0 Å². The maximum absolute atomic E-state index is 11.0. The second kappa shape index (κ2) is 8.68. The van der Waals surface area contributed by atoms with Gasteiger partial charge in [-0.15, -0.1) is 0 Å². The Balaban J connectivity index is 0.000000145. The molecule has 2 heteroatoms. The number of hydrogen-bond donors (Lipinski definition) is 1. The number of carboxylic acids is 1. The van der Waals surface area contributed by atoms with Gasteiger partial charge in [-0.2, -0.15) is 0 Å². The predicted octanol–water partition coefficient (Wildman–Crippen LogP) is 8.40. The minimum atomic E-state index is -0.865. The summed E-state index contributed by atoms with van der Waals surface area (Å²) in [6.45, 7) is 8.53. The molecule has 0 saturated heterocycles. The zero-order chi connectivity index (χ0) is 24.8. The van der Waals surface area contributed by atoms with E-state index < -0.39 is 5.97 Å². The van der Waals surface area contributed by atoms with E-state index in [0.29, 0.717) is 5.56 Å². The number of fused-ring (bicyclic) bond motifs is 5. The van der Waals surface area contributed by atoms with Gasteiger partial charge >= 0.3 is 5.97 Å². The van der Waals surface area contributed by atoms with Gasteiger partial charge in [-0.05, 0) is 76.4 Å². The van der Waals surface area contributed by atoms with Gasteiger partial charge in [0.2, 0.25) is 0 Å². The summed E-state index contributed by atoms with van der Waals surface area (Å²) in [6, 6.07) is 18.8. The van der Waals surface area contributed by atoms with Gasteiger partial charge in [-0.25, -0.2) is 4.79 Å². The predicted molar refractivity (Wildman–Crippen MR) is 146 cm³/mol. The molecule has 2 nitrogen and oxygen atoms in total. The Labute approximate surface area is 208 Å². The lowest BCUT2D eigenvalue weighted by Crippen LogP contribution is -2.29. The second-order valence-corrected chi connectivity index (χ2v) is 11.1. The van der Waals surface area contributed by atoms with Crippen LogP contribution in [0.1, 0.15) is 79.6 Å². The van der Waals surface area contributed by atoms with E-state index in [-0.39, 0.29) is 10.8 Å². The van der Waals surface area contributed by atoms with E-state index in [9.17, 15) is 4.79 Å². The molecule has 0 heterocycles. The average Bonchev–Trinajstić information content (AvgIpc) is 2.86. The lowest BCUT2D eigenvalue weighted by Gasteiger charge is -2.36. The van der Waals surface area contributed by atoms with Crippen LogP contribution in [0.25, 0.3) is 16.3 Å². The number of benzene rings is 3. The van der Waals surface area contributed by atoms with Crippen molar-refractivity contribution < 1.29 is 9.90 Å². The maximum atomic E-state index is 11.0. The monoisotopic (exact) mass is 462 g/mol. The molecule has 3 aliphatic rings. The standard InChI is InChI=1S/C18H16.C15H18O2/c1-3-7-15-13(5-1)9-11-18-16-8-4-2-6-14(16)10-12-17(15)18;1-14(2)7-8-15(3,4)12-9-10(13(16)17)5-6-11(12)14/h1,3-5,7-9,11H,2,6,10,12H2;5-9H,1-4H3,(H,16,17). The summed E-state index contributed by atoms with van der Waals surface area (Å²) in [5.41, 5.74) is 8.78. The molecule has 0 bridgehead atoms. The van der Waals surface area contributed by atoms with Crippen LogP contribution in [0.2, 0.25) is 0 Å². The molecule has 6 rings (SSSR count). The van der Waals surface area contributed by atoms with E-state index in [1.807, 2.05) is 12.1 Å². The highest BCUT2D eigenvalue weighted by molar-refractivity contribution is 5.93. The van der Waals surface area contributed by atoms with E-state index in [1.165, 1.54) is 53.2 Å². The quantitative estimate of drug-likeness (QED) is 0.369. The molecule has 35 heavy (non-hydrogen) atoms. The van der Waals surface area contributed by atoms with E-state index >= 15 is 0 Å². The van der Waals surface area contributed by atoms with E-state index in [1.54, 1.807) is 17.2 Å². The zero-order valence-corrected chi connectivity index (χ0v) is 21.2. The normalized spacial score (nSPS) is 18.7. The Bertz CT molecular complexity index is 1410. The number of rotatable bonds is 1. The highest BCUT2D eigenvalue weighted by atomic mass is 16.4. The first-order chi connectivity index (χ1) is 16.7. The van der Waals surface area contributed by atoms with Gasteiger partial charge in [0.1, 0.15) is 0 Å². The SMILES string of the molecule is C1=CC2=C(CC1)CCc1c2ccc2ccccc12.CC1(C)C=CC(C)(C)c2cc(C(=O)O)ccc21. The summed E-state index contributed by atoms with van der Waals surface area (Å²) < 4.78 is 0. The number of aromatic carboxylic acids is 1. The smallest absolute Gasteiger partial charge is 0.335 e. The summed E-state index contributed by atoms with van der Waals surface area (Å²) >= 11 is 0. The molecule has 0 aliphatic heterocycles. The summed E-state index contributed by atoms with van der Waals surface area (Å²) in [5.74, 6) is -0.865. The topological polar surface area (TPSA) is 37.3 Å². The minimum absolute atomic E-state index is 0.0259. The Kier molecular flexibility index (Phi) is 5.79. The van der Waals surface area contributed by atoms with Crippen LogP contribution in [-0.4, -0.2) is 11.1 Å². The second-order valence-electron chi connectivity index (χ2n) is 11.1. The van der Waals surface area contributed by atoms with Gasteiger partial charge in [-0.3, -0.25) is 0 Å². The van der Waals surface area contributed by atoms with Crippen molar-refractivity contribution in [2.75, 3.05) is 0 Å².